The highest BCUT2D eigenvalue weighted by Gasteiger charge is 2.23. The Kier molecular flexibility index (Phi) is 1.95. The van der Waals surface area contributed by atoms with Crippen molar-refractivity contribution < 1.29 is 4.52 Å². The van der Waals surface area contributed by atoms with Gasteiger partial charge in [0.25, 0.3) is 0 Å². The Balaban J connectivity index is 2.83. The first-order chi connectivity index (χ1) is 5.17. The quantitative estimate of drug-likeness (QED) is 0.646. The van der Waals surface area contributed by atoms with Crippen LogP contribution < -0.4 is 0 Å². The standard InChI is InChI=1S/C8H10N2O/c1-8(2,4-5-9)7-3-6-10-11-7/h3,6H,4H2,1-2H3. The number of hydrogen-bond donors (Lipinski definition) is 0. The summed E-state index contributed by atoms with van der Waals surface area (Å²) in [5.41, 5.74) is -0.217. The highest BCUT2D eigenvalue weighted by molar-refractivity contribution is 5.10. The van der Waals surface area contributed by atoms with E-state index < -0.39 is 0 Å². The fraction of sp³-hybridized carbons (Fsp3) is 0.500. The average Bonchev–Trinajstić information content (AvgIpc) is 2.37. The molecule has 0 unspecified atom stereocenters. The normalized spacial score (nSPS) is 11.0. The molecule has 11 heavy (non-hydrogen) atoms. The minimum Gasteiger partial charge on any atom is -0.361 e. The van der Waals surface area contributed by atoms with Gasteiger partial charge >= 0.3 is 0 Å². The molecule has 1 aromatic heterocycles. The summed E-state index contributed by atoms with van der Waals surface area (Å²) < 4.78 is 4.95. The topological polar surface area (TPSA) is 49.8 Å². The van der Waals surface area contributed by atoms with Crippen molar-refractivity contribution in [2.24, 2.45) is 0 Å². The fourth-order valence-corrected chi connectivity index (χ4v) is 0.850. The van der Waals surface area contributed by atoms with E-state index in [1.54, 1.807) is 12.3 Å². The molecule has 0 amide bonds. The van der Waals surface area contributed by atoms with Gasteiger partial charge in [-0.3, -0.25) is 0 Å². The summed E-state index contributed by atoms with van der Waals surface area (Å²) in [6.07, 6.45) is 2.04. The van der Waals surface area contributed by atoms with Crippen molar-refractivity contribution >= 4 is 0 Å². The Morgan fingerprint density at radius 2 is 2.45 bits per heavy atom. The molecule has 0 spiro atoms. The largest absolute Gasteiger partial charge is 0.361 e. The highest BCUT2D eigenvalue weighted by Crippen LogP contribution is 2.25. The van der Waals surface area contributed by atoms with Crippen molar-refractivity contribution in [3.8, 4) is 6.07 Å². The van der Waals surface area contributed by atoms with Crippen molar-refractivity contribution in [2.75, 3.05) is 0 Å². The van der Waals surface area contributed by atoms with Crippen molar-refractivity contribution in [3.05, 3.63) is 18.0 Å². The van der Waals surface area contributed by atoms with Gasteiger partial charge in [0.2, 0.25) is 0 Å². The Hall–Kier alpha value is -1.30. The Bertz CT molecular complexity index is 256. The number of hydrogen-bond acceptors (Lipinski definition) is 3. The molecule has 0 saturated carbocycles. The van der Waals surface area contributed by atoms with Crippen molar-refractivity contribution in [1.29, 1.82) is 5.26 Å². The van der Waals surface area contributed by atoms with E-state index in [2.05, 4.69) is 11.2 Å². The minimum atomic E-state index is -0.217. The summed E-state index contributed by atoms with van der Waals surface area (Å²) >= 11 is 0. The molecule has 0 bridgehead atoms. The Labute approximate surface area is 65.6 Å². The highest BCUT2D eigenvalue weighted by atomic mass is 16.5. The van der Waals surface area contributed by atoms with E-state index in [9.17, 15) is 0 Å². The van der Waals surface area contributed by atoms with Gasteiger partial charge in [0, 0.05) is 17.9 Å². The lowest BCUT2D eigenvalue weighted by molar-refractivity contribution is 0.318. The van der Waals surface area contributed by atoms with Gasteiger partial charge in [0.15, 0.2) is 0 Å². The maximum atomic E-state index is 8.49. The maximum absolute atomic E-state index is 8.49. The molecule has 3 heteroatoms. The zero-order valence-corrected chi connectivity index (χ0v) is 6.66. The molecule has 58 valence electrons. The summed E-state index contributed by atoms with van der Waals surface area (Å²) in [6, 6.07) is 3.90. The summed E-state index contributed by atoms with van der Waals surface area (Å²) in [4.78, 5) is 0. The molecule has 0 aliphatic rings. The fourth-order valence-electron chi connectivity index (χ4n) is 0.850. The zero-order valence-electron chi connectivity index (χ0n) is 6.66. The number of nitriles is 1. The van der Waals surface area contributed by atoms with Gasteiger partial charge in [-0.2, -0.15) is 5.26 Å². The van der Waals surface area contributed by atoms with Gasteiger partial charge in [-0.25, -0.2) is 0 Å². The molecule has 1 aromatic rings. The van der Waals surface area contributed by atoms with Crippen molar-refractivity contribution in [3.63, 3.8) is 0 Å². The second kappa shape index (κ2) is 2.75. The predicted molar refractivity (Wildman–Crippen MR) is 39.8 cm³/mol. The summed E-state index contributed by atoms with van der Waals surface area (Å²) in [7, 11) is 0. The molecular weight excluding hydrogens is 140 g/mol. The van der Waals surface area contributed by atoms with Gasteiger partial charge in [0.1, 0.15) is 5.76 Å². The van der Waals surface area contributed by atoms with Gasteiger partial charge in [-0.05, 0) is 0 Å². The smallest absolute Gasteiger partial charge is 0.143 e. The average molecular weight is 150 g/mol. The van der Waals surface area contributed by atoms with E-state index in [4.69, 9.17) is 9.78 Å². The van der Waals surface area contributed by atoms with Crippen molar-refractivity contribution in [1.82, 2.24) is 5.16 Å². The summed E-state index contributed by atoms with van der Waals surface area (Å²) in [6.45, 7) is 3.91. The first-order valence-corrected chi connectivity index (χ1v) is 3.45. The molecule has 0 atom stereocenters. The molecular formula is C8H10N2O. The lowest BCUT2D eigenvalue weighted by Gasteiger charge is -2.15. The van der Waals surface area contributed by atoms with Crippen LogP contribution in [0, 0.1) is 11.3 Å². The SMILES string of the molecule is CC(C)(CC#N)c1ccno1. The zero-order chi connectivity index (χ0) is 8.32. The summed E-state index contributed by atoms with van der Waals surface area (Å²) in [5.74, 6) is 0.763. The molecule has 0 aliphatic heterocycles. The van der Waals surface area contributed by atoms with E-state index in [0.29, 0.717) is 6.42 Å². The van der Waals surface area contributed by atoms with E-state index in [1.165, 1.54) is 0 Å². The van der Waals surface area contributed by atoms with E-state index in [-0.39, 0.29) is 5.41 Å². The first-order valence-electron chi connectivity index (χ1n) is 3.45. The van der Waals surface area contributed by atoms with Gasteiger partial charge < -0.3 is 4.52 Å². The first kappa shape index (κ1) is 7.80. The number of rotatable bonds is 2. The summed E-state index contributed by atoms with van der Waals surface area (Å²) in [5, 5.41) is 12.1. The van der Waals surface area contributed by atoms with Crippen LogP contribution in [0.25, 0.3) is 0 Å². The predicted octanol–water partition coefficient (Wildman–Crippen LogP) is 1.87. The van der Waals surface area contributed by atoms with Crippen LogP contribution in [0.15, 0.2) is 16.8 Å². The molecule has 0 fully saturated rings. The third-order valence-corrected chi connectivity index (χ3v) is 1.63. The molecule has 0 radical (unpaired) electrons. The Morgan fingerprint density at radius 3 is 2.91 bits per heavy atom. The van der Waals surface area contributed by atoms with E-state index >= 15 is 0 Å². The monoisotopic (exact) mass is 150 g/mol. The minimum absolute atomic E-state index is 0.217. The molecule has 0 saturated heterocycles. The van der Waals surface area contributed by atoms with Crippen molar-refractivity contribution in [2.45, 2.75) is 25.7 Å². The molecule has 1 heterocycles. The van der Waals surface area contributed by atoms with Gasteiger partial charge in [-0.15, -0.1) is 0 Å². The third kappa shape index (κ3) is 1.58. The molecule has 1 rings (SSSR count). The van der Waals surface area contributed by atoms with E-state index in [0.717, 1.165) is 5.76 Å². The van der Waals surface area contributed by atoms with Crippen LogP contribution in [-0.4, -0.2) is 5.16 Å². The van der Waals surface area contributed by atoms with Gasteiger partial charge in [-0.1, -0.05) is 19.0 Å². The third-order valence-electron chi connectivity index (χ3n) is 1.63. The van der Waals surface area contributed by atoms with Crippen LogP contribution in [0.5, 0.6) is 0 Å². The molecule has 0 aliphatic carbocycles. The van der Waals surface area contributed by atoms with E-state index in [1.807, 2.05) is 13.8 Å². The van der Waals surface area contributed by atoms with Crippen LogP contribution in [0.3, 0.4) is 0 Å². The molecule has 0 aromatic carbocycles. The number of nitrogens with zero attached hydrogens (tertiary/aromatic N) is 2. The van der Waals surface area contributed by atoms with Crippen LogP contribution >= 0.6 is 0 Å². The number of aromatic nitrogens is 1. The maximum Gasteiger partial charge on any atom is 0.143 e. The molecule has 0 N–H and O–H groups in total. The second-order valence-corrected chi connectivity index (χ2v) is 3.10. The lowest BCUT2D eigenvalue weighted by atomic mass is 9.87. The van der Waals surface area contributed by atoms with Crippen LogP contribution in [0.4, 0.5) is 0 Å². The lowest BCUT2D eigenvalue weighted by Crippen LogP contribution is -2.14. The van der Waals surface area contributed by atoms with Crippen LogP contribution in [-0.2, 0) is 5.41 Å². The van der Waals surface area contributed by atoms with Gasteiger partial charge in [0.05, 0.1) is 12.3 Å². The second-order valence-electron chi connectivity index (χ2n) is 3.10. The van der Waals surface area contributed by atoms with Crippen LogP contribution in [0.2, 0.25) is 0 Å². The molecule has 3 nitrogen and oxygen atoms in total. The Morgan fingerprint density at radius 1 is 1.73 bits per heavy atom. The van der Waals surface area contributed by atoms with Crippen LogP contribution in [0.1, 0.15) is 26.0 Å².